The third kappa shape index (κ3) is 3.16. The first kappa shape index (κ1) is 12.4. The van der Waals surface area contributed by atoms with Gasteiger partial charge in [0.05, 0.1) is 12.0 Å². The second kappa shape index (κ2) is 5.41. The summed E-state index contributed by atoms with van der Waals surface area (Å²) in [5.41, 5.74) is 3.52. The Morgan fingerprint density at radius 2 is 2.12 bits per heavy atom. The lowest BCUT2D eigenvalue weighted by atomic mass is 10.1. The topological polar surface area (TPSA) is 39.1 Å². The van der Waals surface area contributed by atoms with Gasteiger partial charge in [0.1, 0.15) is 0 Å². The summed E-state index contributed by atoms with van der Waals surface area (Å²) in [4.78, 5) is 2.09. The monoisotopic (exact) mass is 217 g/mol. The highest BCUT2D eigenvalue weighted by atomic mass is 15.1. The number of benzene rings is 1. The molecule has 3 heteroatoms. The molecule has 1 rings (SSSR count). The number of nitrogens with one attached hydrogen (secondary N) is 1. The van der Waals surface area contributed by atoms with Crippen molar-refractivity contribution >= 4 is 11.4 Å². The van der Waals surface area contributed by atoms with Crippen molar-refractivity contribution < 1.29 is 0 Å². The molecule has 1 aromatic rings. The Morgan fingerprint density at radius 3 is 2.69 bits per heavy atom. The molecule has 0 amide bonds. The third-order valence-electron chi connectivity index (χ3n) is 2.52. The molecule has 1 atom stereocenters. The van der Waals surface area contributed by atoms with E-state index in [0.717, 1.165) is 5.69 Å². The van der Waals surface area contributed by atoms with Crippen LogP contribution in [0.2, 0.25) is 0 Å². The first-order valence-corrected chi connectivity index (χ1v) is 5.46. The largest absolute Gasteiger partial charge is 0.384 e. The predicted octanol–water partition coefficient (Wildman–Crippen LogP) is 2.63. The number of rotatable bonds is 4. The summed E-state index contributed by atoms with van der Waals surface area (Å²) in [6.45, 7) is 4.69. The highest BCUT2D eigenvalue weighted by Gasteiger charge is 2.03. The highest BCUT2D eigenvalue weighted by Crippen LogP contribution is 2.22. The van der Waals surface area contributed by atoms with Crippen LogP contribution in [-0.2, 0) is 0 Å². The lowest BCUT2D eigenvalue weighted by Gasteiger charge is -2.17. The lowest BCUT2D eigenvalue weighted by molar-refractivity contribution is 0.786. The normalized spacial score (nSPS) is 11.7. The maximum Gasteiger partial charge on any atom is 0.0671 e. The molecular formula is C13H19N3. The Balaban J connectivity index is 2.76. The van der Waals surface area contributed by atoms with Crippen LogP contribution in [0.25, 0.3) is 0 Å². The van der Waals surface area contributed by atoms with E-state index in [1.54, 1.807) is 0 Å². The van der Waals surface area contributed by atoms with E-state index >= 15 is 0 Å². The Kier molecular flexibility index (Phi) is 4.19. The Morgan fingerprint density at radius 1 is 1.44 bits per heavy atom. The van der Waals surface area contributed by atoms with Gasteiger partial charge in [-0.15, -0.1) is 0 Å². The maximum absolute atomic E-state index is 8.70. The zero-order chi connectivity index (χ0) is 12.1. The number of hydrogen-bond acceptors (Lipinski definition) is 3. The SMILES string of the molecule is Cc1ccc(NCC(C)C#N)cc1N(C)C. The van der Waals surface area contributed by atoms with Gasteiger partial charge >= 0.3 is 0 Å². The molecule has 0 saturated carbocycles. The van der Waals surface area contributed by atoms with Crippen LogP contribution in [0.3, 0.4) is 0 Å². The molecule has 0 spiro atoms. The number of nitrogens with zero attached hydrogens (tertiary/aromatic N) is 2. The van der Waals surface area contributed by atoms with Crippen molar-refractivity contribution in [3.63, 3.8) is 0 Å². The summed E-state index contributed by atoms with van der Waals surface area (Å²) in [5, 5.41) is 12.0. The van der Waals surface area contributed by atoms with Crippen LogP contribution in [0.1, 0.15) is 12.5 Å². The smallest absolute Gasteiger partial charge is 0.0671 e. The van der Waals surface area contributed by atoms with E-state index in [9.17, 15) is 0 Å². The van der Waals surface area contributed by atoms with E-state index in [1.807, 2.05) is 27.1 Å². The molecule has 1 N–H and O–H groups in total. The number of hydrogen-bond donors (Lipinski definition) is 1. The van der Waals surface area contributed by atoms with Crippen LogP contribution in [0.4, 0.5) is 11.4 Å². The van der Waals surface area contributed by atoms with Crippen molar-refractivity contribution in [2.75, 3.05) is 30.9 Å². The molecule has 0 aliphatic heterocycles. The standard InChI is InChI=1S/C13H19N3/c1-10(8-14)9-15-12-6-5-11(2)13(7-12)16(3)4/h5-7,10,15H,9H2,1-4H3. The molecule has 16 heavy (non-hydrogen) atoms. The Labute approximate surface area is 97.7 Å². The van der Waals surface area contributed by atoms with E-state index in [0.29, 0.717) is 6.54 Å². The molecule has 0 heterocycles. The molecule has 0 aromatic heterocycles. The third-order valence-corrected chi connectivity index (χ3v) is 2.52. The molecule has 0 saturated heterocycles. The fourth-order valence-corrected chi connectivity index (χ4v) is 1.52. The van der Waals surface area contributed by atoms with Crippen LogP contribution in [0, 0.1) is 24.2 Å². The molecule has 86 valence electrons. The highest BCUT2D eigenvalue weighted by molar-refractivity contribution is 5.61. The molecule has 0 fully saturated rings. The summed E-state index contributed by atoms with van der Waals surface area (Å²) >= 11 is 0. The van der Waals surface area contributed by atoms with Gasteiger partial charge in [-0.3, -0.25) is 0 Å². The fraction of sp³-hybridized carbons (Fsp3) is 0.462. The minimum Gasteiger partial charge on any atom is -0.384 e. The van der Waals surface area contributed by atoms with Gasteiger partial charge in [0.25, 0.3) is 0 Å². The molecule has 1 unspecified atom stereocenters. The van der Waals surface area contributed by atoms with Crippen LogP contribution >= 0.6 is 0 Å². The van der Waals surface area contributed by atoms with E-state index < -0.39 is 0 Å². The van der Waals surface area contributed by atoms with Gasteiger partial charge in [-0.2, -0.15) is 5.26 Å². The van der Waals surface area contributed by atoms with E-state index in [-0.39, 0.29) is 5.92 Å². The van der Waals surface area contributed by atoms with Gasteiger partial charge in [-0.05, 0) is 31.5 Å². The quantitative estimate of drug-likeness (QED) is 0.842. The first-order valence-electron chi connectivity index (χ1n) is 5.46. The van der Waals surface area contributed by atoms with Crippen molar-refractivity contribution in [2.45, 2.75) is 13.8 Å². The van der Waals surface area contributed by atoms with Crippen molar-refractivity contribution in [1.29, 1.82) is 5.26 Å². The van der Waals surface area contributed by atoms with Crippen molar-refractivity contribution in [1.82, 2.24) is 0 Å². The molecule has 0 bridgehead atoms. The van der Waals surface area contributed by atoms with Gasteiger partial charge in [-0.25, -0.2) is 0 Å². The second-order valence-corrected chi connectivity index (χ2v) is 4.31. The summed E-state index contributed by atoms with van der Waals surface area (Å²) in [6.07, 6.45) is 0. The Bertz CT molecular complexity index is 391. The van der Waals surface area contributed by atoms with Crippen molar-refractivity contribution in [2.24, 2.45) is 5.92 Å². The van der Waals surface area contributed by atoms with Gasteiger partial charge < -0.3 is 10.2 Å². The summed E-state index contributed by atoms with van der Waals surface area (Å²) < 4.78 is 0. The second-order valence-electron chi connectivity index (χ2n) is 4.31. The maximum atomic E-state index is 8.70. The molecular weight excluding hydrogens is 198 g/mol. The Hall–Kier alpha value is -1.69. The van der Waals surface area contributed by atoms with Crippen molar-refractivity contribution in [3.05, 3.63) is 23.8 Å². The number of aryl methyl sites for hydroxylation is 1. The minimum absolute atomic E-state index is 0.0316. The van der Waals surface area contributed by atoms with Crippen LogP contribution in [0.5, 0.6) is 0 Å². The van der Waals surface area contributed by atoms with Crippen LogP contribution in [-0.4, -0.2) is 20.6 Å². The predicted molar refractivity (Wildman–Crippen MR) is 68.8 cm³/mol. The first-order chi connectivity index (χ1) is 7.54. The van der Waals surface area contributed by atoms with Crippen LogP contribution in [0.15, 0.2) is 18.2 Å². The van der Waals surface area contributed by atoms with Gasteiger partial charge in [0, 0.05) is 32.0 Å². The van der Waals surface area contributed by atoms with Gasteiger partial charge in [-0.1, -0.05) is 6.07 Å². The zero-order valence-electron chi connectivity index (χ0n) is 10.4. The van der Waals surface area contributed by atoms with Crippen LogP contribution < -0.4 is 10.2 Å². The molecule has 0 radical (unpaired) electrons. The van der Waals surface area contributed by atoms with E-state index in [2.05, 4.69) is 35.3 Å². The molecule has 0 aliphatic rings. The fourth-order valence-electron chi connectivity index (χ4n) is 1.52. The van der Waals surface area contributed by atoms with Gasteiger partial charge in [0.2, 0.25) is 0 Å². The van der Waals surface area contributed by atoms with E-state index in [1.165, 1.54) is 11.3 Å². The number of nitriles is 1. The molecule has 0 aliphatic carbocycles. The summed E-state index contributed by atoms with van der Waals surface area (Å²) in [6, 6.07) is 8.46. The lowest BCUT2D eigenvalue weighted by Crippen LogP contribution is -2.12. The summed E-state index contributed by atoms with van der Waals surface area (Å²) in [7, 11) is 4.06. The molecule has 3 nitrogen and oxygen atoms in total. The van der Waals surface area contributed by atoms with E-state index in [4.69, 9.17) is 5.26 Å². The number of anilines is 2. The zero-order valence-corrected chi connectivity index (χ0v) is 10.4. The van der Waals surface area contributed by atoms with Crippen molar-refractivity contribution in [3.8, 4) is 6.07 Å². The average molecular weight is 217 g/mol. The average Bonchev–Trinajstić information content (AvgIpc) is 2.27. The minimum atomic E-state index is 0.0316. The van der Waals surface area contributed by atoms with Gasteiger partial charge in [0.15, 0.2) is 0 Å². The molecule has 1 aromatic carbocycles. The summed E-state index contributed by atoms with van der Waals surface area (Å²) in [5.74, 6) is 0.0316.